The molecule has 1 amide bonds. The lowest BCUT2D eigenvalue weighted by Crippen LogP contribution is -2.40. The molecule has 1 aliphatic rings. The molecule has 0 radical (unpaired) electrons. The quantitative estimate of drug-likeness (QED) is 0.615. The molecule has 2 aromatic rings. The van der Waals surface area contributed by atoms with E-state index in [1.54, 1.807) is 6.07 Å². The zero-order valence-electron chi connectivity index (χ0n) is 18.8. The van der Waals surface area contributed by atoms with Gasteiger partial charge in [-0.15, -0.1) is 0 Å². The second-order valence-corrected chi connectivity index (χ2v) is 8.83. The number of alkyl halides is 3. The Morgan fingerprint density at radius 1 is 1.16 bits per heavy atom. The number of nitrogens with zero attached hydrogens (tertiary/aromatic N) is 2. The molecule has 0 bridgehead atoms. The van der Waals surface area contributed by atoms with Gasteiger partial charge in [0.1, 0.15) is 0 Å². The fourth-order valence-corrected chi connectivity index (χ4v) is 4.41. The zero-order valence-corrected chi connectivity index (χ0v) is 18.8. The maximum Gasteiger partial charge on any atom is 0.416 e. The Morgan fingerprint density at radius 3 is 2.59 bits per heavy atom. The number of amides is 1. The largest absolute Gasteiger partial charge is 0.416 e. The van der Waals surface area contributed by atoms with E-state index in [0.29, 0.717) is 12.3 Å². The molecule has 4 nitrogen and oxygen atoms in total. The predicted molar refractivity (Wildman–Crippen MR) is 121 cm³/mol. The predicted octanol–water partition coefficient (Wildman–Crippen LogP) is 5.05. The third kappa shape index (κ3) is 7.64. The molecule has 0 aromatic heterocycles. The summed E-state index contributed by atoms with van der Waals surface area (Å²) in [4.78, 5) is 15.8. The molecule has 7 heteroatoms. The number of hydrogen-bond acceptors (Lipinski definition) is 3. The van der Waals surface area contributed by atoms with Crippen molar-refractivity contribution in [2.24, 2.45) is 5.92 Å². The van der Waals surface area contributed by atoms with Gasteiger partial charge in [-0.2, -0.15) is 13.2 Å². The van der Waals surface area contributed by atoms with Gasteiger partial charge in [-0.3, -0.25) is 4.79 Å². The highest BCUT2D eigenvalue weighted by Crippen LogP contribution is 2.29. The minimum atomic E-state index is -4.29. The Morgan fingerprint density at radius 2 is 1.91 bits per heavy atom. The van der Waals surface area contributed by atoms with Crippen molar-refractivity contribution >= 4 is 11.6 Å². The standard InChI is InChI=1S/C25H32F3N3O/c1-19(32)29-24-10-8-21(9-11-24)16-30(2)17-22-6-4-13-31(18-22)14-12-20-5-3-7-23(15-20)25(26,27)28/h3,5,7-11,15,22H,4,6,12-14,16-18H2,1-2H3,(H,29,32)/t22-/m1/s1. The van der Waals surface area contributed by atoms with E-state index in [0.717, 1.165) is 56.5 Å². The van der Waals surface area contributed by atoms with Crippen LogP contribution in [0.1, 0.15) is 36.5 Å². The van der Waals surface area contributed by atoms with Crippen molar-refractivity contribution in [3.63, 3.8) is 0 Å². The lowest BCUT2D eigenvalue weighted by molar-refractivity contribution is -0.137. The third-order valence-electron chi connectivity index (χ3n) is 5.87. The minimum Gasteiger partial charge on any atom is -0.326 e. The van der Waals surface area contributed by atoms with Gasteiger partial charge in [0.25, 0.3) is 0 Å². The van der Waals surface area contributed by atoms with Crippen LogP contribution in [0.25, 0.3) is 0 Å². The summed E-state index contributed by atoms with van der Waals surface area (Å²) in [6, 6.07) is 13.6. The summed E-state index contributed by atoms with van der Waals surface area (Å²) in [5, 5.41) is 2.78. The summed E-state index contributed by atoms with van der Waals surface area (Å²) in [6.45, 7) is 6.07. The fraction of sp³-hybridized carbons (Fsp3) is 0.480. The summed E-state index contributed by atoms with van der Waals surface area (Å²) >= 11 is 0. The van der Waals surface area contributed by atoms with Crippen LogP contribution in [0.5, 0.6) is 0 Å². The van der Waals surface area contributed by atoms with E-state index in [2.05, 4.69) is 22.2 Å². The lowest BCUT2D eigenvalue weighted by atomic mass is 9.96. The summed E-state index contributed by atoms with van der Waals surface area (Å²) in [5.74, 6) is 0.471. The molecule has 0 saturated carbocycles. The number of carbonyl (C=O) groups is 1. The second-order valence-electron chi connectivity index (χ2n) is 8.83. The number of benzene rings is 2. The van der Waals surface area contributed by atoms with Gasteiger partial charge < -0.3 is 15.1 Å². The molecule has 1 saturated heterocycles. The second kappa shape index (κ2) is 11.0. The van der Waals surface area contributed by atoms with Crippen LogP contribution in [0.3, 0.4) is 0 Å². The molecule has 0 aliphatic carbocycles. The van der Waals surface area contributed by atoms with Crippen LogP contribution >= 0.6 is 0 Å². The van der Waals surface area contributed by atoms with Gasteiger partial charge in [0.2, 0.25) is 5.91 Å². The van der Waals surface area contributed by atoms with Crippen molar-refractivity contribution in [2.45, 2.75) is 38.9 Å². The zero-order chi connectivity index (χ0) is 23.1. The van der Waals surface area contributed by atoms with Gasteiger partial charge >= 0.3 is 6.18 Å². The molecule has 174 valence electrons. The number of piperidine rings is 1. The first-order chi connectivity index (χ1) is 15.2. The van der Waals surface area contributed by atoms with Gasteiger partial charge in [0, 0.05) is 38.8 Å². The van der Waals surface area contributed by atoms with Gasteiger partial charge in [0.05, 0.1) is 5.56 Å². The Bertz CT molecular complexity index is 883. The normalized spacial score (nSPS) is 17.5. The first-order valence-corrected chi connectivity index (χ1v) is 11.1. The van der Waals surface area contributed by atoms with Crippen molar-refractivity contribution in [1.29, 1.82) is 0 Å². The molecule has 3 rings (SSSR count). The van der Waals surface area contributed by atoms with E-state index in [1.807, 2.05) is 24.3 Å². The van der Waals surface area contributed by atoms with Crippen LogP contribution in [-0.2, 0) is 23.9 Å². The summed E-state index contributed by atoms with van der Waals surface area (Å²) in [6.07, 6.45) is -1.37. The minimum absolute atomic E-state index is 0.0789. The highest BCUT2D eigenvalue weighted by molar-refractivity contribution is 5.88. The van der Waals surface area contributed by atoms with Crippen LogP contribution in [0.4, 0.5) is 18.9 Å². The average Bonchev–Trinajstić information content (AvgIpc) is 2.73. The molecule has 0 unspecified atom stereocenters. The number of carbonyl (C=O) groups excluding carboxylic acids is 1. The Labute approximate surface area is 188 Å². The first-order valence-electron chi connectivity index (χ1n) is 11.1. The maximum atomic E-state index is 12.9. The highest BCUT2D eigenvalue weighted by Gasteiger charge is 2.30. The molecule has 1 N–H and O–H groups in total. The van der Waals surface area contributed by atoms with Crippen LogP contribution in [0.15, 0.2) is 48.5 Å². The number of hydrogen-bond donors (Lipinski definition) is 1. The number of nitrogens with one attached hydrogen (secondary N) is 1. The Hall–Kier alpha value is -2.38. The van der Waals surface area contributed by atoms with Crippen molar-refractivity contribution in [3.05, 3.63) is 65.2 Å². The van der Waals surface area contributed by atoms with E-state index in [1.165, 1.54) is 31.0 Å². The monoisotopic (exact) mass is 447 g/mol. The van der Waals surface area contributed by atoms with Gasteiger partial charge in [-0.1, -0.05) is 30.3 Å². The van der Waals surface area contributed by atoms with E-state index < -0.39 is 11.7 Å². The first kappa shape index (κ1) is 24.3. The van der Waals surface area contributed by atoms with Gasteiger partial charge in [-0.05, 0) is 68.1 Å². The Kier molecular flexibility index (Phi) is 8.32. The van der Waals surface area contributed by atoms with E-state index in [4.69, 9.17) is 0 Å². The molecule has 0 spiro atoms. The van der Waals surface area contributed by atoms with Crippen LogP contribution in [0, 0.1) is 5.92 Å². The molecule has 1 heterocycles. The average molecular weight is 448 g/mol. The number of anilines is 1. The SMILES string of the molecule is CC(=O)Nc1ccc(CN(C)C[C@H]2CCCN(CCc3cccc(C(F)(F)F)c3)C2)cc1. The molecule has 2 aromatic carbocycles. The number of halogens is 3. The topological polar surface area (TPSA) is 35.6 Å². The molecular weight excluding hydrogens is 415 g/mol. The van der Waals surface area contributed by atoms with Crippen molar-refractivity contribution in [2.75, 3.05) is 38.5 Å². The third-order valence-corrected chi connectivity index (χ3v) is 5.87. The van der Waals surface area contributed by atoms with Crippen molar-refractivity contribution in [3.8, 4) is 0 Å². The maximum absolute atomic E-state index is 12.9. The molecule has 1 fully saturated rings. The molecule has 1 aliphatic heterocycles. The van der Waals surface area contributed by atoms with Gasteiger partial charge in [-0.25, -0.2) is 0 Å². The molecular formula is C25H32F3N3O. The van der Waals surface area contributed by atoms with Crippen LogP contribution < -0.4 is 5.32 Å². The highest BCUT2D eigenvalue weighted by atomic mass is 19.4. The summed E-state index contributed by atoms with van der Waals surface area (Å²) < 4.78 is 38.8. The van der Waals surface area contributed by atoms with Crippen LogP contribution in [-0.4, -0.2) is 48.9 Å². The smallest absolute Gasteiger partial charge is 0.326 e. The van der Waals surface area contributed by atoms with E-state index >= 15 is 0 Å². The Balaban J connectivity index is 1.46. The number of rotatable bonds is 8. The van der Waals surface area contributed by atoms with Crippen LogP contribution in [0.2, 0.25) is 0 Å². The lowest BCUT2D eigenvalue weighted by Gasteiger charge is -2.35. The summed E-state index contributed by atoms with van der Waals surface area (Å²) in [7, 11) is 2.11. The molecule has 1 atom stereocenters. The van der Waals surface area contributed by atoms with E-state index in [9.17, 15) is 18.0 Å². The van der Waals surface area contributed by atoms with Crippen molar-refractivity contribution in [1.82, 2.24) is 9.80 Å². The molecule has 32 heavy (non-hydrogen) atoms. The van der Waals surface area contributed by atoms with Gasteiger partial charge in [0.15, 0.2) is 0 Å². The van der Waals surface area contributed by atoms with E-state index in [-0.39, 0.29) is 5.91 Å². The number of likely N-dealkylation sites (tertiary alicyclic amines) is 1. The summed E-state index contributed by atoms with van der Waals surface area (Å²) in [5.41, 5.74) is 2.16. The van der Waals surface area contributed by atoms with Crippen molar-refractivity contribution < 1.29 is 18.0 Å². The fourth-order valence-electron chi connectivity index (χ4n) is 4.41.